The number of hydrogen-bond donors (Lipinski definition) is 1. The molecule has 1 aliphatic rings. The topological polar surface area (TPSA) is 89.6 Å². The van der Waals surface area contributed by atoms with Gasteiger partial charge in [-0.05, 0) is 12.1 Å². The zero-order valence-corrected chi connectivity index (χ0v) is 13.3. The zero-order chi connectivity index (χ0) is 16.7. The Kier molecular flexibility index (Phi) is 6.06. The van der Waals surface area contributed by atoms with Gasteiger partial charge in [-0.3, -0.25) is 9.59 Å². The molecule has 0 aromatic carbocycles. The molecular formula is C15H17ClN4O3. The van der Waals surface area contributed by atoms with Crippen LogP contribution in [0.25, 0.3) is 0 Å². The predicted molar refractivity (Wildman–Crippen MR) is 83.6 cm³/mol. The molecule has 0 unspecified atom stereocenters. The maximum Gasteiger partial charge on any atom is 0.289 e. The van der Waals surface area contributed by atoms with Gasteiger partial charge in [-0.15, -0.1) is 11.6 Å². The van der Waals surface area contributed by atoms with Crippen LogP contribution in [0.5, 0.6) is 0 Å². The number of amides is 2. The quantitative estimate of drug-likeness (QED) is 0.488. The number of nitrogens with zero attached hydrogens (tertiary/aromatic N) is 3. The number of alkyl halides is 1. The third-order valence-corrected chi connectivity index (χ3v) is 3.58. The monoisotopic (exact) mass is 336 g/mol. The van der Waals surface area contributed by atoms with Crippen LogP contribution in [-0.4, -0.2) is 60.2 Å². The van der Waals surface area contributed by atoms with Crippen molar-refractivity contribution in [1.82, 2.24) is 15.1 Å². The Hall–Kier alpha value is -2.46. The molecule has 1 aromatic heterocycles. The molecule has 0 saturated carbocycles. The predicted octanol–water partition coefficient (Wildman–Crippen LogP) is 0.800. The fraction of sp³-hybridized carbons (Fsp3) is 0.400. The Morgan fingerprint density at radius 2 is 2.13 bits per heavy atom. The summed E-state index contributed by atoms with van der Waals surface area (Å²) in [7, 11) is 0. The minimum atomic E-state index is -0.442. The van der Waals surface area contributed by atoms with Crippen LogP contribution in [0.2, 0.25) is 0 Å². The molecule has 0 radical (unpaired) electrons. The Balaban J connectivity index is 1.90. The van der Waals surface area contributed by atoms with E-state index >= 15 is 0 Å². The van der Waals surface area contributed by atoms with Crippen molar-refractivity contribution in [3.63, 3.8) is 0 Å². The van der Waals surface area contributed by atoms with Crippen LogP contribution in [0.3, 0.4) is 0 Å². The minimum Gasteiger partial charge on any atom is -0.459 e. The smallest absolute Gasteiger partial charge is 0.289 e. The van der Waals surface area contributed by atoms with Crippen molar-refractivity contribution >= 4 is 23.4 Å². The van der Waals surface area contributed by atoms with Gasteiger partial charge < -0.3 is 19.5 Å². The largest absolute Gasteiger partial charge is 0.459 e. The Morgan fingerprint density at radius 1 is 1.39 bits per heavy atom. The number of carbonyl (C=O) groups excluding carboxylic acids is 2. The molecule has 8 heteroatoms. The summed E-state index contributed by atoms with van der Waals surface area (Å²) >= 11 is 5.50. The number of rotatable bonds is 5. The molecule has 1 saturated heterocycles. The molecular weight excluding hydrogens is 320 g/mol. The average molecular weight is 337 g/mol. The van der Waals surface area contributed by atoms with Gasteiger partial charge in [-0.25, -0.2) is 0 Å². The van der Waals surface area contributed by atoms with Crippen molar-refractivity contribution in [2.45, 2.75) is 0 Å². The van der Waals surface area contributed by atoms with Gasteiger partial charge in [0.2, 0.25) is 0 Å². The highest BCUT2D eigenvalue weighted by Crippen LogP contribution is 2.10. The number of nitriles is 1. The normalized spacial score (nSPS) is 15.2. The summed E-state index contributed by atoms with van der Waals surface area (Å²) < 4.78 is 5.10. The zero-order valence-electron chi connectivity index (χ0n) is 12.5. The first-order valence-electron chi connectivity index (χ1n) is 7.18. The molecule has 2 heterocycles. The van der Waals surface area contributed by atoms with Crippen LogP contribution in [0, 0.1) is 11.3 Å². The van der Waals surface area contributed by atoms with E-state index in [1.165, 1.54) is 12.5 Å². The molecule has 1 N–H and O–H groups in total. The summed E-state index contributed by atoms with van der Waals surface area (Å²) in [5.41, 5.74) is 0.0286. The number of furan rings is 1. The van der Waals surface area contributed by atoms with Crippen molar-refractivity contribution in [3.8, 4) is 6.07 Å². The van der Waals surface area contributed by atoms with E-state index in [4.69, 9.17) is 21.3 Å². The number of piperazine rings is 1. The van der Waals surface area contributed by atoms with E-state index < -0.39 is 5.91 Å². The van der Waals surface area contributed by atoms with Gasteiger partial charge in [0, 0.05) is 44.8 Å². The molecule has 0 bridgehead atoms. The van der Waals surface area contributed by atoms with Gasteiger partial charge in [0.15, 0.2) is 5.76 Å². The summed E-state index contributed by atoms with van der Waals surface area (Å²) in [6.07, 6.45) is 2.99. The summed E-state index contributed by atoms with van der Waals surface area (Å²) in [6.45, 7) is 2.39. The lowest BCUT2D eigenvalue weighted by Gasteiger charge is -2.33. The van der Waals surface area contributed by atoms with Crippen molar-refractivity contribution in [1.29, 1.82) is 5.26 Å². The highest BCUT2D eigenvalue weighted by molar-refractivity contribution is 6.18. The molecule has 7 nitrogen and oxygen atoms in total. The van der Waals surface area contributed by atoms with Crippen LogP contribution in [0.15, 0.2) is 34.6 Å². The van der Waals surface area contributed by atoms with E-state index in [1.807, 2.05) is 11.0 Å². The van der Waals surface area contributed by atoms with E-state index in [0.29, 0.717) is 38.5 Å². The highest BCUT2D eigenvalue weighted by Gasteiger charge is 2.23. The molecule has 1 fully saturated rings. The Morgan fingerprint density at radius 3 is 2.70 bits per heavy atom. The van der Waals surface area contributed by atoms with Gasteiger partial charge >= 0.3 is 0 Å². The fourth-order valence-electron chi connectivity index (χ4n) is 2.19. The molecule has 122 valence electrons. The number of carbonyl (C=O) groups is 2. The maximum absolute atomic E-state index is 12.1. The molecule has 1 aromatic rings. The molecule has 2 rings (SSSR count). The fourth-order valence-corrected chi connectivity index (χ4v) is 2.28. The third kappa shape index (κ3) is 4.50. The van der Waals surface area contributed by atoms with Gasteiger partial charge in [-0.2, -0.15) is 5.26 Å². The molecule has 0 atom stereocenters. The molecule has 2 amide bonds. The van der Waals surface area contributed by atoms with Crippen molar-refractivity contribution < 1.29 is 14.0 Å². The van der Waals surface area contributed by atoms with Gasteiger partial charge in [0.25, 0.3) is 11.8 Å². The van der Waals surface area contributed by atoms with E-state index in [0.717, 1.165) is 0 Å². The second kappa shape index (κ2) is 8.25. The first-order chi connectivity index (χ1) is 11.2. The van der Waals surface area contributed by atoms with Gasteiger partial charge in [0.1, 0.15) is 11.6 Å². The molecule has 23 heavy (non-hydrogen) atoms. The first kappa shape index (κ1) is 16.9. The van der Waals surface area contributed by atoms with E-state index in [-0.39, 0.29) is 17.4 Å². The van der Waals surface area contributed by atoms with Crippen molar-refractivity contribution in [2.75, 3.05) is 38.6 Å². The Labute approximate surface area is 139 Å². The van der Waals surface area contributed by atoms with Crippen LogP contribution in [0.1, 0.15) is 10.6 Å². The summed E-state index contributed by atoms with van der Waals surface area (Å²) in [4.78, 5) is 27.4. The van der Waals surface area contributed by atoms with E-state index in [9.17, 15) is 9.59 Å². The average Bonchev–Trinajstić information content (AvgIpc) is 3.12. The number of halogens is 1. The summed E-state index contributed by atoms with van der Waals surface area (Å²) in [5.74, 6) is 0.00580. The van der Waals surface area contributed by atoms with E-state index in [2.05, 4.69) is 5.32 Å². The van der Waals surface area contributed by atoms with Gasteiger partial charge in [-0.1, -0.05) is 0 Å². The number of hydrogen-bond acceptors (Lipinski definition) is 5. The second-order valence-corrected chi connectivity index (χ2v) is 5.28. The standard InChI is InChI=1S/C15H17ClN4O3/c16-3-4-18-14(21)12(10-17)11-19-5-7-20(8-6-19)15(22)13-2-1-9-23-13/h1-2,9,11H,3-8H2,(H,18,21)/b12-11-. The highest BCUT2D eigenvalue weighted by atomic mass is 35.5. The van der Waals surface area contributed by atoms with Crippen LogP contribution in [0.4, 0.5) is 0 Å². The maximum atomic E-state index is 12.1. The first-order valence-corrected chi connectivity index (χ1v) is 7.72. The van der Waals surface area contributed by atoms with Crippen LogP contribution >= 0.6 is 11.6 Å². The van der Waals surface area contributed by atoms with Crippen molar-refractivity contribution in [2.24, 2.45) is 0 Å². The van der Waals surface area contributed by atoms with Crippen LogP contribution in [-0.2, 0) is 4.79 Å². The summed E-state index contributed by atoms with van der Waals surface area (Å²) in [5, 5.41) is 11.6. The molecule has 1 aliphatic heterocycles. The summed E-state index contributed by atoms with van der Waals surface area (Å²) in [6, 6.07) is 5.18. The lowest BCUT2D eigenvalue weighted by Crippen LogP contribution is -2.47. The lowest BCUT2D eigenvalue weighted by atomic mass is 10.2. The van der Waals surface area contributed by atoms with Crippen LogP contribution < -0.4 is 5.32 Å². The van der Waals surface area contributed by atoms with Crippen molar-refractivity contribution in [3.05, 3.63) is 35.9 Å². The third-order valence-electron chi connectivity index (χ3n) is 3.39. The Bertz CT molecular complexity index is 613. The second-order valence-electron chi connectivity index (χ2n) is 4.90. The van der Waals surface area contributed by atoms with E-state index in [1.54, 1.807) is 17.0 Å². The molecule has 0 aliphatic carbocycles. The molecule has 0 spiro atoms. The SMILES string of the molecule is N#C/C(=C/N1CCN(C(=O)c2ccco2)CC1)C(=O)NCCCl. The van der Waals surface area contributed by atoms with Gasteiger partial charge in [0.05, 0.1) is 6.26 Å². The lowest BCUT2D eigenvalue weighted by molar-refractivity contribution is -0.117. The minimum absolute atomic E-state index is 0.0286. The number of nitrogens with one attached hydrogen (secondary N) is 1.